The minimum Gasteiger partial charge on any atom is -0.353 e. The molecule has 0 saturated carbocycles. The smallest absolute Gasteiger partial charge is 0.353 e. The lowest BCUT2D eigenvalue weighted by atomic mass is 10.0. The van der Waals surface area contributed by atoms with Gasteiger partial charge in [0.1, 0.15) is 5.69 Å². The van der Waals surface area contributed by atoms with Crippen LogP contribution in [-0.2, 0) is 25.2 Å². The molecule has 0 aliphatic carbocycles. The third kappa shape index (κ3) is 5.80. The molecule has 1 aliphatic rings. The van der Waals surface area contributed by atoms with Gasteiger partial charge in [-0.2, -0.15) is 0 Å². The fraction of sp³-hybridized carbons (Fsp3) is 0.385. The fourth-order valence-electron chi connectivity index (χ4n) is 3.88. The van der Waals surface area contributed by atoms with Crippen LogP contribution in [0.4, 0.5) is 0 Å². The molecule has 1 saturated heterocycles. The minimum atomic E-state index is -4.19. The van der Waals surface area contributed by atoms with Crippen molar-refractivity contribution in [3.05, 3.63) is 59.8 Å². The van der Waals surface area contributed by atoms with Crippen molar-refractivity contribution in [2.45, 2.75) is 58.5 Å². The second-order valence-corrected chi connectivity index (χ2v) is 10.3. The van der Waals surface area contributed by atoms with Crippen LogP contribution in [0.3, 0.4) is 0 Å². The molecule has 1 N–H and O–H groups in total. The molecule has 0 radical (unpaired) electrons. The molecule has 8 heteroatoms. The predicted molar refractivity (Wildman–Crippen MR) is 131 cm³/mol. The summed E-state index contributed by atoms with van der Waals surface area (Å²) >= 11 is 0. The lowest BCUT2D eigenvalue weighted by Gasteiger charge is -2.22. The van der Waals surface area contributed by atoms with Crippen molar-refractivity contribution in [2.24, 2.45) is 0 Å². The first kappa shape index (κ1) is 24.7. The first-order valence-corrected chi connectivity index (χ1v) is 13.2. The highest BCUT2D eigenvalue weighted by atomic mass is 31.2. The van der Waals surface area contributed by atoms with Crippen molar-refractivity contribution >= 4 is 30.1 Å². The van der Waals surface area contributed by atoms with Crippen molar-refractivity contribution in [3.63, 3.8) is 0 Å². The highest BCUT2D eigenvalue weighted by Crippen LogP contribution is 2.45. The Morgan fingerprint density at radius 3 is 2.65 bits per heavy atom. The Morgan fingerprint density at radius 2 is 1.97 bits per heavy atom. The van der Waals surface area contributed by atoms with E-state index >= 15 is 0 Å². The largest absolute Gasteiger partial charge is 0.361 e. The molecule has 4 rings (SSSR count). The maximum Gasteiger partial charge on any atom is 0.361 e. The van der Waals surface area contributed by atoms with Gasteiger partial charge in [0, 0.05) is 12.0 Å². The highest BCUT2D eigenvalue weighted by molar-refractivity contribution is 7.61. The number of fused-ring (bicyclic) bond motifs is 1. The van der Waals surface area contributed by atoms with E-state index in [-0.39, 0.29) is 17.3 Å². The first-order chi connectivity index (χ1) is 16.4. The van der Waals surface area contributed by atoms with Gasteiger partial charge >= 0.3 is 7.60 Å². The summed E-state index contributed by atoms with van der Waals surface area (Å²) in [7, 11) is -4.19. The number of carbonyl (C=O) groups is 1. The average molecular weight is 484 g/mol. The van der Waals surface area contributed by atoms with Gasteiger partial charge in [-0.05, 0) is 67.5 Å². The Hall–Kier alpha value is -2.41. The average Bonchev–Trinajstić information content (AvgIpc) is 2.87. The van der Waals surface area contributed by atoms with E-state index in [9.17, 15) is 14.3 Å². The zero-order valence-electron chi connectivity index (χ0n) is 19.5. The number of hydrogen-bond acceptors (Lipinski definition) is 6. The molecule has 0 spiro atoms. The maximum atomic E-state index is 13.2. The minimum absolute atomic E-state index is 0.0888. The van der Waals surface area contributed by atoms with Crippen LogP contribution in [-0.4, -0.2) is 35.2 Å². The van der Waals surface area contributed by atoms with Gasteiger partial charge in [0.05, 0.1) is 23.5 Å². The van der Waals surface area contributed by atoms with E-state index in [0.717, 1.165) is 42.6 Å². The summed E-state index contributed by atoms with van der Waals surface area (Å²) in [5.41, 5.74) is 3.14. The van der Waals surface area contributed by atoms with Gasteiger partial charge in [-0.15, -0.1) is 0 Å². The molecular weight excluding hydrogens is 453 g/mol. The molecule has 0 amide bonds. The molecule has 1 fully saturated rings. The van der Waals surface area contributed by atoms with Crippen molar-refractivity contribution in [2.75, 3.05) is 6.61 Å². The monoisotopic (exact) mass is 483 g/mol. The van der Waals surface area contributed by atoms with Gasteiger partial charge in [0.2, 0.25) is 0 Å². The normalized spacial score (nSPS) is 19.0. The molecular formula is C26H30NO6P. The molecule has 3 unspecified atom stereocenters. The van der Waals surface area contributed by atoms with Gasteiger partial charge in [0.25, 0.3) is 0 Å². The van der Waals surface area contributed by atoms with Crippen molar-refractivity contribution in [1.82, 2.24) is 4.98 Å². The van der Waals surface area contributed by atoms with Crippen LogP contribution in [0.5, 0.6) is 0 Å². The molecule has 3 aromatic rings. The second-order valence-electron chi connectivity index (χ2n) is 8.57. The molecule has 34 heavy (non-hydrogen) atoms. The Balaban J connectivity index is 1.65. The summed E-state index contributed by atoms with van der Waals surface area (Å²) in [6.45, 7) is 4.83. The fourth-order valence-corrected chi connectivity index (χ4v) is 5.38. The SMILES string of the molecule is CCC(C)OP(=O)(O)c1cc(-c2ccc(COC3CCCCO3)cc2)cc2ccc(C=O)nc12. The van der Waals surface area contributed by atoms with Crippen LogP contribution in [0, 0.1) is 0 Å². The number of aldehydes is 1. The van der Waals surface area contributed by atoms with Crippen molar-refractivity contribution in [1.29, 1.82) is 0 Å². The molecule has 1 aliphatic heterocycles. The van der Waals surface area contributed by atoms with Gasteiger partial charge in [-0.25, -0.2) is 4.98 Å². The Kier molecular flexibility index (Phi) is 7.91. The number of benzene rings is 2. The zero-order valence-corrected chi connectivity index (χ0v) is 20.4. The number of nitrogens with zero attached hydrogens (tertiary/aromatic N) is 1. The number of carbonyl (C=O) groups excluding carboxylic acids is 1. The van der Waals surface area contributed by atoms with Gasteiger partial charge in [0.15, 0.2) is 12.6 Å². The molecule has 7 nitrogen and oxygen atoms in total. The third-order valence-corrected chi connectivity index (χ3v) is 7.57. The topological polar surface area (TPSA) is 95.0 Å². The Labute approximate surface area is 199 Å². The lowest BCUT2D eigenvalue weighted by molar-refractivity contribution is -0.168. The summed E-state index contributed by atoms with van der Waals surface area (Å²) in [5, 5.41) is 0.743. The summed E-state index contributed by atoms with van der Waals surface area (Å²) < 4.78 is 30.2. The van der Waals surface area contributed by atoms with Crippen molar-refractivity contribution in [3.8, 4) is 11.1 Å². The maximum absolute atomic E-state index is 13.2. The predicted octanol–water partition coefficient (Wildman–Crippen LogP) is 5.38. The van der Waals surface area contributed by atoms with E-state index in [2.05, 4.69) is 4.98 Å². The zero-order chi connectivity index (χ0) is 24.1. The van der Waals surface area contributed by atoms with Crippen LogP contribution in [0.15, 0.2) is 48.5 Å². The lowest BCUT2D eigenvalue weighted by Crippen LogP contribution is -2.21. The quantitative estimate of drug-likeness (QED) is 0.322. The second kappa shape index (κ2) is 10.9. The molecule has 180 valence electrons. The summed E-state index contributed by atoms with van der Waals surface area (Å²) in [4.78, 5) is 26.4. The summed E-state index contributed by atoms with van der Waals surface area (Å²) in [6.07, 6.45) is 3.76. The van der Waals surface area contributed by atoms with E-state index < -0.39 is 13.7 Å². The Bertz CT molecular complexity index is 1190. The molecule has 3 atom stereocenters. The molecule has 0 bridgehead atoms. The first-order valence-electron chi connectivity index (χ1n) is 11.6. The summed E-state index contributed by atoms with van der Waals surface area (Å²) in [6, 6.07) is 14.7. The van der Waals surface area contributed by atoms with Gasteiger partial charge in [-0.3, -0.25) is 9.36 Å². The van der Waals surface area contributed by atoms with E-state index in [4.69, 9.17) is 14.0 Å². The van der Waals surface area contributed by atoms with Crippen LogP contribution in [0.2, 0.25) is 0 Å². The van der Waals surface area contributed by atoms with E-state index in [1.807, 2.05) is 37.3 Å². The van der Waals surface area contributed by atoms with Crippen LogP contribution in [0.25, 0.3) is 22.0 Å². The van der Waals surface area contributed by atoms with Crippen LogP contribution in [0.1, 0.15) is 55.6 Å². The van der Waals surface area contributed by atoms with E-state index in [0.29, 0.717) is 30.2 Å². The third-order valence-electron chi connectivity index (χ3n) is 5.98. The van der Waals surface area contributed by atoms with Crippen LogP contribution >= 0.6 is 7.60 Å². The van der Waals surface area contributed by atoms with Crippen molar-refractivity contribution < 1.29 is 28.3 Å². The molecule has 2 aromatic carbocycles. The Morgan fingerprint density at radius 1 is 1.18 bits per heavy atom. The number of aromatic nitrogens is 1. The van der Waals surface area contributed by atoms with Gasteiger partial charge in [-0.1, -0.05) is 37.3 Å². The molecule has 1 aromatic heterocycles. The summed E-state index contributed by atoms with van der Waals surface area (Å²) in [5.74, 6) is 0. The van der Waals surface area contributed by atoms with E-state index in [1.165, 1.54) is 0 Å². The number of ether oxygens (including phenoxy) is 2. The molecule has 2 heterocycles. The number of pyridine rings is 1. The van der Waals surface area contributed by atoms with Gasteiger partial charge < -0.3 is 18.9 Å². The number of rotatable bonds is 9. The highest BCUT2D eigenvalue weighted by Gasteiger charge is 2.29. The van der Waals surface area contributed by atoms with Crippen LogP contribution < -0.4 is 5.30 Å². The standard InChI is InChI=1S/C26H30NO6P/c1-3-18(2)33-34(29,30)24-15-22(14-21-11-12-23(16-28)27-26(21)24)20-9-7-19(8-10-20)17-32-25-6-4-5-13-31-25/h7-12,14-16,18,25H,3-6,13,17H2,1-2H3,(H,29,30). The van der Waals surface area contributed by atoms with E-state index in [1.54, 1.807) is 25.1 Å². The number of hydrogen-bond donors (Lipinski definition) is 1.